The maximum Gasteiger partial charge on any atom is 0.136 e. The van der Waals surface area contributed by atoms with Crippen molar-refractivity contribution in [3.63, 3.8) is 0 Å². The van der Waals surface area contributed by atoms with E-state index in [0.717, 1.165) is 31.1 Å². The first-order chi connectivity index (χ1) is 6.81. The van der Waals surface area contributed by atoms with Crippen LogP contribution in [-0.2, 0) is 4.79 Å². The molecule has 0 aliphatic heterocycles. The van der Waals surface area contributed by atoms with Gasteiger partial charge in [0.25, 0.3) is 0 Å². The van der Waals surface area contributed by atoms with Crippen molar-refractivity contribution in [2.24, 2.45) is 17.8 Å². The molecule has 14 heavy (non-hydrogen) atoms. The van der Waals surface area contributed by atoms with E-state index in [1.807, 2.05) is 0 Å². The Hall–Kier alpha value is -0.770. The summed E-state index contributed by atoms with van der Waals surface area (Å²) in [5.74, 6) is 5.11. The highest BCUT2D eigenvalue weighted by atomic mass is 16.1. The smallest absolute Gasteiger partial charge is 0.136 e. The molecule has 2 rings (SSSR count). The largest absolute Gasteiger partial charge is 0.299 e. The molecule has 2 aliphatic rings. The minimum absolute atomic E-state index is 0.409. The van der Waals surface area contributed by atoms with E-state index < -0.39 is 0 Å². The van der Waals surface area contributed by atoms with Crippen molar-refractivity contribution in [3.8, 4) is 12.3 Å². The highest BCUT2D eigenvalue weighted by molar-refractivity contribution is 5.81. The monoisotopic (exact) mass is 190 g/mol. The second-order valence-corrected chi connectivity index (χ2v) is 4.81. The lowest BCUT2D eigenvalue weighted by Crippen LogP contribution is -2.20. The number of hydrogen-bond donors (Lipinski definition) is 0. The summed E-state index contributed by atoms with van der Waals surface area (Å²) in [7, 11) is 0. The van der Waals surface area contributed by atoms with Gasteiger partial charge in [0.2, 0.25) is 0 Å². The maximum absolute atomic E-state index is 11.8. The van der Waals surface area contributed by atoms with Gasteiger partial charge in [0, 0.05) is 18.8 Å². The fraction of sp³-hybridized carbons (Fsp3) is 0.769. The molecule has 1 nitrogen and oxygen atoms in total. The molecular formula is C13H18O. The summed E-state index contributed by atoms with van der Waals surface area (Å²) in [6, 6.07) is 0. The molecule has 1 heteroatoms. The molecule has 0 aromatic heterocycles. The van der Waals surface area contributed by atoms with Crippen LogP contribution >= 0.6 is 0 Å². The van der Waals surface area contributed by atoms with E-state index in [1.165, 1.54) is 25.7 Å². The molecule has 2 bridgehead atoms. The number of terminal acetylenes is 1. The van der Waals surface area contributed by atoms with Crippen molar-refractivity contribution in [1.82, 2.24) is 0 Å². The van der Waals surface area contributed by atoms with Gasteiger partial charge in [0.15, 0.2) is 0 Å². The van der Waals surface area contributed by atoms with Gasteiger partial charge in [-0.25, -0.2) is 0 Å². The second-order valence-electron chi connectivity index (χ2n) is 4.81. The van der Waals surface area contributed by atoms with Gasteiger partial charge in [-0.1, -0.05) is 6.42 Å². The molecule has 0 aromatic rings. The zero-order chi connectivity index (χ0) is 9.97. The van der Waals surface area contributed by atoms with Crippen LogP contribution in [-0.4, -0.2) is 5.78 Å². The highest BCUT2D eigenvalue weighted by Crippen LogP contribution is 2.48. The Morgan fingerprint density at radius 3 is 2.79 bits per heavy atom. The Morgan fingerprint density at radius 2 is 2.21 bits per heavy atom. The summed E-state index contributed by atoms with van der Waals surface area (Å²) < 4.78 is 0. The first kappa shape index (κ1) is 9.77. The van der Waals surface area contributed by atoms with Crippen LogP contribution in [0.4, 0.5) is 0 Å². The normalized spacial score (nSPS) is 34.4. The predicted octanol–water partition coefficient (Wildman–Crippen LogP) is 2.80. The van der Waals surface area contributed by atoms with Crippen molar-refractivity contribution in [2.75, 3.05) is 0 Å². The molecule has 0 amide bonds. The number of carbonyl (C=O) groups is 1. The number of ketones is 1. The molecule has 3 unspecified atom stereocenters. The van der Waals surface area contributed by atoms with E-state index in [9.17, 15) is 4.79 Å². The van der Waals surface area contributed by atoms with Crippen LogP contribution in [0.3, 0.4) is 0 Å². The second kappa shape index (κ2) is 4.17. The van der Waals surface area contributed by atoms with Crippen molar-refractivity contribution in [3.05, 3.63) is 0 Å². The lowest BCUT2D eigenvalue weighted by atomic mass is 9.84. The van der Waals surface area contributed by atoms with Crippen LogP contribution < -0.4 is 0 Å². The lowest BCUT2D eigenvalue weighted by molar-refractivity contribution is -0.124. The molecule has 0 saturated heterocycles. The highest BCUT2D eigenvalue weighted by Gasteiger charge is 2.42. The number of rotatable bonds is 4. The van der Waals surface area contributed by atoms with Gasteiger partial charge in [-0.2, -0.15) is 0 Å². The van der Waals surface area contributed by atoms with Gasteiger partial charge in [0.05, 0.1) is 0 Å². The van der Waals surface area contributed by atoms with E-state index in [4.69, 9.17) is 6.42 Å². The average molecular weight is 190 g/mol. The molecule has 3 atom stereocenters. The van der Waals surface area contributed by atoms with E-state index >= 15 is 0 Å². The van der Waals surface area contributed by atoms with Crippen LogP contribution in [0.1, 0.15) is 44.9 Å². The van der Waals surface area contributed by atoms with Gasteiger partial charge in [-0.15, -0.1) is 12.3 Å². The van der Waals surface area contributed by atoms with Crippen molar-refractivity contribution in [1.29, 1.82) is 0 Å². The summed E-state index contributed by atoms with van der Waals surface area (Å²) >= 11 is 0. The topological polar surface area (TPSA) is 17.1 Å². The molecule has 2 saturated carbocycles. The molecular weight excluding hydrogens is 172 g/mol. The van der Waals surface area contributed by atoms with Gasteiger partial charge in [0.1, 0.15) is 5.78 Å². The third-order valence-corrected chi connectivity index (χ3v) is 3.90. The minimum atomic E-state index is 0.409. The van der Waals surface area contributed by atoms with Crippen LogP contribution in [0.25, 0.3) is 0 Å². The van der Waals surface area contributed by atoms with Crippen LogP contribution in [0.5, 0.6) is 0 Å². The summed E-state index contributed by atoms with van der Waals surface area (Å²) in [5.41, 5.74) is 0. The SMILES string of the molecule is C#CCCCC(=O)C1CC2CCC1C2. The van der Waals surface area contributed by atoms with Crippen molar-refractivity contribution < 1.29 is 4.79 Å². The zero-order valence-electron chi connectivity index (χ0n) is 8.67. The molecule has 0 spiro atoms. The Labute approximate surface area is 86.3 Å². The van der Waals surface area contributed by atoms with Crippen molar-refractivity contribution >= 4 is 5.78 Å². The molecule has 2 aliphatic carbocycles. The number of carbonyl (C=O) groups excluding carboxylic acids is 1. The molecule has 2 fully saturated rings. The molecule has 76 valence electrons. The summed E-state index contributed by atoms with van der Waals surface area (Å²) in [6.07, 6.45) is 12.7. The van der Waals surface area contributed by atoms with Gasteiger partial charge >= 0.3 is 0 Å². The van der Waals surface area contributed by atoms with Crippen LogP contribution in [0, 0.1) is 30.1 Å². The third-order valence-electron chi connectivity index (χ3n) is 3.90. The first-order valence-corrected chi connectivity index (χ1v) is 5.77. The molecule has 0 aromatic carbocycles. The van der Waals surface area contributed by atoms with Gasteiger partial charge in [-0.05, 0) is 37.5 Å². The zero-order valence-corrected chi connectivity index (χ0v) is 8.67. The summed E-state index contributed by atoms with van der Waals surface area (Å²) in [6.45, 7) is 0. The Balaban J connectivity index is 1.79. The third kappa shape index (κ3) is 1.85. The minimum Gasteiger partial charge on any atom is -0.299 e. The van der Waals surface area contributed by atoms with Gasteiger partial charge < -0.3 is 0 Å². The molecule has 0 heterocycles. The van der Waals surface area contributed by atoms with E-state index in [-0.39, 0.29) is 0 Å². The summed E-state index contributed by atoms with van der Waals surface area (Å²) in [5, 5.41) is 0. The Kier molecular flexibility index (Phi) is 2.91. The van der Waals surface area contributed by atoms with E-state index in [0.29, 0.717) is 11.7 Å². The maximum atomic E-state index is 11.8. The summed E-state index contributed by atoms with van der Waals surface area (Å²) in [4.78, 5) is 11.8. The molecule has 0 N–H and O–H groups in total. The molecule has 0 radical (unpaired) electrons. The number of Topliss-reactive ketones (excluding diaryl/α,β-unsaturated/α-hetero) is 1. The first-order valence-electron chi connectivity index (χ1n) is 5.77. The Morgan fingerprint density at radius 1 is 1.36 bits per heavy atom. The average Bonchev–Trinajstić information content (AvgIpc) is 2.79. The van der Waals surface area contributed by atoms with Crippen molar-refractivity contribution in [2.45, 2.75) is 44.9 Å². The van der Waals surface area contributed by atoms with E-state index in [2.05, 4.69) is 5.92 Å². The van der Waals surface area contributed by atoms with Crippen LogP contribution in [0.15, 0.2) is 0 Å². The standard InChI is InChI=1S/C13H18O/c1-2-3-4-5-13(14)12-9-10-6-7-11(12)8-10/h1,10-12H,3-9H2. The fourth-order valence-corrected chi connectivity index (χ4v) is 3.19. The fourth-order valence-electron chi connectivity index (χ4n) is 3.19. The number of fused-ring (bicyclic) bond motifs is 2. The number of hydrogen-bond acceptors (Lipinski definition) is 1. The van der Waals surface area contributed by atoms with Gasteiger partial charge in [-0.3, -0.25) is 4.79 Å². The number of unbranched alkanes of at least 4 members (excludes halogenated alkanes) is 1. The Bertz CT molecular complexity index is 261. The quantitative estimate of drug-likeness (QED) is 0.492. The van der Waals surface area contributed by atoms with E-state index in [1.54, 1.807) is 0 Å². The van der Waals surface area contributed by atoms with Crippen LogP contribution in [0.2, 0.25) is 0 Å². The lowest BCUT2D eigenvalue weighted by Gasteiger charge is -2.19. The predicted molar refractivity (Wildman–Crippen MR) is 56.6 cm³/mol.